The highest BCUT2D eigenvalue weighted by molar-refractivity contribution is 5.57. The van der Waals surface area contributed by atoms with Crippen LogP contribution in [-0.2, 0) is 6.42 Å². The first-order valence-electron chi connectivity index (χ1n) is 8.40. The molecule has 2 aromatic heterocycles. The number of pyridine rings is 1. The van der Waals surface area contributed by atoms with Gasteiger partial charge in [0.25, 0.3) is 0 Å². The summed E-state index contributed by atoms with van der Waals surface area (Å²) >= 11 is 0. The summed E-state index contributed by atoms with van der Waals surface area (Å²) in [7, 11) is 2.21. The second-order valence-corrected chi connectivity index (χ2v) is 6.74. The van der Waals surface area contributed by atoms with Crippen molar-refractivity contribution in [2.24, 2.45) is 5.92 Å². The Bertz CT molecular complexity index is 644. The van der Waals surface area contributed by atoms with Crippen molar-refractivity contribution in [2.75, 3.05) is 51.2 Å². The first-order valence-corrected chi connectivity index (χ1v) is 8.40. The van der Waals surface area contributed by atoms with Crippen LogP contribution in [0.25, 0.3) is 5.65 Å². The molecule has 2 saturated heterocycles. The molecule has 2 fully saturated rings. The molecule has 0 amide bonds. The lowest BCUT2D eigenvalue weighted by molar-refractivity contribution is 0.394. The van der Waals surface area contributed by atoms with Crippen LogP contribution in [0.5, 0.6) is 0 Å². The standard InChI is InChI=1S/C17H25N5/c1-20-6-2-14(12-20)10-15-13-22-7-3-16(11-17(22)19-15)21-8-4-18-5-9-21/h3,7,11,13-14,18H,2,4-6,8-10,12H2,1H3. The van der Waals surface area contributed by atoms with Crippen molar-refractivity contribution in [1.82, 2.24) is 19.6 Å². The molecule has 0 spiro atoms. The van der Waals surface area contributed by atoms with Gasteiger partial charge < -0.3 is 19.5 Å². The lowest BCUT2D eigenvalue weighted by atomic mass is 10.0. The van der Waals surface area contributed by atoms with E-state index in [9.17, 15) is 0 Å². The maximum absolute atomic E-state index is 4.86. The Kier molecular flexibility index (Phi) is 3.76. The fourth-order valence-electron chi connectivity index (χ4n) is 3.73. The molecule has 2 aromatic rings. The quantitative estimate of drug-likeness (QED) is 0.925. The van der Waals surface area contributed by atoms with Crippen molar-refractivity contribution in [3.8, 4) is 0 Å². The largest absolute Gasteiger partial charge is 0.369 e. The number of likely N-dealkylation sites (tertiary alicyclic amines) is 1. The lowest BCUT2D eigenvalue weighted by Gasteiger charge is -2.29. The first kappa shape index (κ1) is 14.0. The van der Waals surface area contributed by atoms with Gasteiger partial charge in [-0.05, 0) is 38.4 Å². The number of hydrogen-bond donors (Lipinski definition) is 1. The van der Waals surface area contributed by atoms with E-state index in [1.54, 1.807) is 0 Å². The monoisotopic (exact) mass is 299 g/mol. The van der Waals surface area contributed by atoms with Gasteiger partial charge in [-0.2, -0.15) is 0 Å². The van der Waals surface area contributed by atoms with Crippen LogP contribution < -0.4 is 10.2 Å². The fourth-order valence-corrected chi connectivity index (χ4v) is 3.73. The second kappa shape index (κ2) is 5.89. The number of imidazole rings is 1. The van der Waals surface area contributed by atoms with Crippen molar-refractivity contribution in [3.05, 3.63) is 30.2 Å². The zero-order valence-electron chi connectivity index (χ0n) is 13.3. The highest BCUT2D eigenvalue weighted by atomic mass is 15.2. The molecule has 1 atom stereocenters. The molecule has 22 heavy (non-hydrogen) atoms. The highest BCUT2D eigenvalue weighted by Crippen LogP contribution is 2.21. The molecule has 2 aliphatic rings. The van der Waals surface area contributed by atoms with Gasteiger partial charge in [0.2, 0.25) is 0 Å². The number of rotatable bonds is 3. The normalized spacial score (nSPS) is 23.5. The molecule has 4 heterocycles. The topological polar surface area (TPSA) is 35.8 Å². The molecule has 1 N–H and O–H groups in total. The summed E-state index contributed by atoms with van der Waals surface area (Å²) in [5.74, 6) is 0.766. The third-order valence-electron chi connectivity index (χ3n) is 4.96. The molecular weight excluding hydrogens is 274 g/mol. The summed E-state index contributed by atoms with van der Waals surface area (Å²) in [6.45, 7) is 6.74. The maximum atomic E-state index is 4.86. The van der Waals surface area contributed by atoms with Crippen LogP contribution in [0.4, 0.5) is 5.69 Å². The predicted molar refractivity (Wildman–Crippen MR) is 89.6 cm³/mol. The van der Waals surface area contributed by atoms with Crippen LogP contribution in [0, 0.1) is 5.92 Å². The van der Waals surface area contributed by atoms with E-state index in [-0.39, 0.29) is 0 Å². The fraction of sp³-hybridized carbons (Fsp3) is 0.588. The van der Waals surface area contributed by atoms with Gasteiger partial charge in [-0.3, -0.25) is 0 Å². The van der Waals surface area contributed by atoms with Crippen molar-refractivity contribution in [1.29, 1.82) is 0 Å². The average Bonchev–Trinajstić information content (AvgIpc) is 3.13. The van der Waals surface area contributed by atoms with Crippen molar-refractivity contribution in [3.63, 3.8) is 0 Å². The van der Waals surface area contributed by atoms with Crippen LogP contribution in [0.15, 0.2) is 24.5 Å². The van der Waals surface area contributed by atoms with E-state index >= 15 is 0 Å². The van der Waals surface area contributed by atoms with E-state index in [2.05, 4.69) is 51.1 Å². The summed E-state index contributed by atoms with van der Waals surface area (Å²) < 4.78 is 2.17. The number of fused-ring (bicyclic) bond motifs is 1. The lowest BCUT2D eigenvalue weighted by Crippen LogP contribution is -2.43. The molecule has 4 rings (SSSR count). The Hall–Kier alpha value is -1.59. The molecule has 0 bridgehead atoms. The Balaban J connectivity index is 1.52. The summed E-state index contributed by atoms with van der Waals surface area (Å²) in [5, 5.41) is 3.40. The zero-order valence-corrected chi connectivity index (χ0v) is 13.3. The van der Waals surface area contributed by atoms with Crippen molar-refractivity contribution < 1.29 is 0 Å². The van der Waals surface area contributed by atoms with Gasteiger partial charge in [0, 0.05) is 56.9 Å². The minimum atomic E-state index is 0.766. The van der Waals surface area contributed by atoms with Crippen molar-refractivity contribution >= 4 is 11.3 Å². The van der Waals surface area contributed by atoms with E-state index in [4.69, 9.17) is 4.98 Å². The number of nitrogens with zero attached hydrogens (tertiary/aromatic N) is 4. The second-order valence-electron chi connectivity index (χ2n) is 6.74. The minimum Gasteiger partial charge on any atom is -0.369 e. The molecule has 5 heteroatoms. The van der Waals surface area contributed by atoms with Crippen LogP contribution in [0.1, 0.15) is 12.1 Å². The van der Waals surface area contributed by atoms with Crippen LogP contribution in [-0.4, -0.2) is 60.6 Å². The third kappa shape index (κ3) is 2.83. The number of aromatic nitrogens is 2. The molecule has 0 radical (unpaired) electrons. The molecule has 0 aliphatic carbocycles. The molecule has 0 saturated carbocycles. The zero-order chi connectivity index (χ0) is 14.9. The molecule has 1 unspecified atom stereocenters. The molecule has 5 nitrogen and oxygen atoms in total. The Morgan fingerprint density at radius 3 is 2.91 bits per heavy atom. The van der Waals surface area contributed by atoms with Gasteiger partial charge in [0.05, 0.1) is 5.69 Å². The third-order valence-corrected chi connectivity index (χ3v) is 4.96. The summed E-state index contributed by atoms with van der Waals surface area (Å²) in [6.07, 6.45) is 6.77. The number of nitrogens with one attached hydrogen (secondary N) is 1. The number of piperazine rings is 1. The number of hydrogen-bond acceptors (Lipinski definition) is 4. The first-order chi connectivity index (χ1) is 10.8. The molecule has 0 aromatic carbocycles. The Morgan fingerprint density at radius 2 is 2.14 bits per heavy atom. The number of anilines is 1. The van der Waals surface area contributed by atoms with E-state index in [0.717, 1.165) is 44.2 Å². The smallest absolute Gasteiger partial charge is 0.139 e. The summed E-state index contributed by atoms with van der Waals surface area (Å²) in [4.78, 5) is 9.72. The maximum Gasteiger partial charge on any atom is 0.139 e. The van der Waals surface area contributed by atoms with Crippen LogP contribution >= 0.6 is 0 Å². The van der Waals surface area contributed by atoms with E-state index in [0.29, 0.717) is 0 Å². The molecular formula is C17H25N5. The average molecular weight is 299 g/mol. The van der Waals surface area contributed by atoms with Gasteiger partial charge in [0.15, 0.2) is 0 Å². The van der Waals surface area contributed by atoms with Crippen molar-refractivity contribution in [2.45, 2.75) is 12.8 Å². The highest BCUT2D eigenvalue weighted by Gasteiger charge is 2.20. The van der Waals surface area contributed by atoms with E-state index < -0.39 is 0 Å². The van der Waals surface area contributed by atoms with Gasteiger partial charge in [0.1, 0.15) is 5.65 Å². The van der Waals surface area contributed by atoms with E-state index in [1.807, 2.05) is 0 Å². The minimum absolute atomic E-state index is 0.766. The van der Waals surface area contributed by atoms with Crippen LogP contribution in [0.3, 0.4) is 0 Å². The SMILES string of the molecule is CN1CCC(Cc2cn3ccc(N4CCNCC4)cc3n2)C1. The van der Waals surface area contributed by atoms with Gasteiger partial charge in [-0.25, -0.2) is 4.98 Å². The van der Waals surface area contributed by atoms with Crippen LogP contribution in [0.2, 0.25) is 0 Å². The summed E-state index contributed by atoms with van der Waals surface area (Å²) in [5.41, 5.74) is 3.61. The van der Waals surface area contributed by atoms with Gasteiger partial charge >= 0.3 is 0 Å². The Labute approximate surface area is 131 Å². The summed E-state index contributed by atoms with van der Waals surface area (Å²) in [6, 6.07) is 4.45. The predicted octanol–water partition coefficient (Wildman–Crippen LogP) is 1.24. The molecule has 2 aliphatic heterocycles. The van der Waals surface area contributed by atoms with Gasteiger partial charge in [-0.1, -0.05) is 0 Å². The Morgan fingerprint density at radius 1 is 1.27 bits per heavy atom. The molecule has 118 valence electrons. The van der Waals surface area contributed by atoms with Gasteiger partial charge in [-0.15, -0.1) is 0 Å². The van der Waals surface area contributed by atoms with E-state index in [1.165, 1.54) is 30.9 Å².